The lowest BCUT2D eigenvalue weighted by Crippen LogP contribution is -2.33. The van der Waals surface area contributed by atoms with Gasteiger partial charge < -0.3 is 10.6 Å². The summed E-state index contributed by atoms with van der Waals surface area (Å²) in [5, 5.41) is 7.32. The van der Waals surface area contributed by atoms with Gasteiger partial charge in [0.15, 0.2) is 0 Å². The Morgan fingerprint density at radius 2 is 1.60 bits per heavy atom. The molecular formula is C16H37N5O2S2. The minimum absolute atomic E-state index is 0. The van der Waals surface area contributed by atoms with Crippen molar-refractivity contribution >= 4 is 31.6 Å². The predicted molar refractivity (Wildman–Crippen MR) is 111 cm³/mol. The highest BCUT2D eigenvalue weighted by Gasteiger charge is 2.15. The molecular weight excluding hydrogens is 358 g/mol. The fourth-order valence-corrected chi connectivity index (χ4v) is 2.31. The molecule has 1 amide bonds. The molecule has 0 atom stereocenters. The van der Waals surface area contributed by atoms with Crippen LogP contribution in [0.4, 0.5) is 0 Å². The van der Waals surface area contributed by atoms with Gasteiger partial charge in [-0.15, -0.1) is 0 Å². The van der Waals surface area contributed by atoms with Gasteiger partial charge in [-0.05, 0) is 26.9 Å². The van der Waals surface area contributed by atoms with Crippen molar-refractivity contribution in [3.8, 4) is 6.07 Å². The quantitative estimate of drug-likeness (QED) is 0.429. The average molecular weight is 396 g/mol. The van der Waals surface area contributed by atoms with Gasteiger partial charge >= 0.3 is 0 Å². The summed E-state index contributed by atoms with van der Waals surface area (Å²) in [5.41, 5.74) is 7.68. The number of carbonyl (C=O) groups is 1. The third kappa shape index (κ3) is 23.5. The molecule has 0 aromatic heterocycles. The summed E-state index contributed by atoms with van der Waals surface area (Å²) in [6.45, 7) is 3.42. The Kier molecular flexibility index (Phi) is 27.5. The van der Waals surface area contributed by atoms with Gasteiger partial charge in [0.25, 0.3) is 0 Å². The van der Waals surface area contributed by atoms with Crippen LogP contribution in [0.3, 0.4) is 0 Å². The molecule has 1 heterocycles. The molecule has 0 aromatic carbocycles. The molecule has 0 radical (unpaired) electrons. The monoisotopic (exact) mass is 395 g/mol. The number of carbonyl (C=O) groups excluding carboxylic acids is 1. The van der Waals surface area contributed by atoms with E-state index in [2.05, 4.69) is 9.76 Å². The zero-order valence-corrected chi connectivity index (χ0v) is 18.0. The lowest BCUT2D eigenvalue weighted by molar-refractivity contribution is -0.128. The number of nitrogens with one attached hydrogen (secondary N) is 1. The van der Waals surface area contributed by atoms with E-state index in [-0.39, 0.29) is 25.9 Å². The molecule has 25 heavy (non-hydrogen) atoms. The average Bonchev–Trinajstić information content (AvgIpc) is 3.28. The maximum absolute atomic E-state index is 10.8. The summed E-state index contributed by atoms with van der Waals surface area (Å²) < 4.78 is 6.53. The molecule has 150 valence electrons. The van der Waals surface area contributed by atoms with Gasteiger partial charge in [0.1, 0.15) is 12.2 Å². The smallest absolute Gasteiger partial charge is 0.236 e. The fraction of sp³-hybridized carbons (Fsp3) is 0.875. The zero-order valence-electron chi connectivity index (χ0n) is 16.2. The minimum Gasteiger partial charge on any atom is -0.342 e. The van der Waals surface area contributed by atoms with E-state index in [9.17, 15) is 4.79 Å². The summed E-state index contributed by atoms with van der Waals surface area (Å²) in [6, 6.07) is 1.75. The molecule has 2 aliphatic rings. The molecule has 3 N–H and O–H groups in total. The van der Waals surface area contributed by atoms with Crippen molar-refractivity contribution in [1.82, 2.24) is 14.7 Å². The van der Waals surface area contributed by atoms with Crippen LogP contribution in [0.25, 0.3) is 0 Å². The number of nitrogens with zero attached hydrogens (tertiary/aromatic N) is 3. The number of hydrogen-bond donors (Lipinski definition) is 2. The lowest BCUT2D eigenvalue weighted by atomic mass is 10.4. The summed E-state index contributed by atoms with van der Waals surface area (Å²) in [5.74, 6) is 0.0903. The van der Waals surface area contributed by atoms with Gasteiger partial charge in [-0.2, -0.15) is 24.2 Å². The second-order valence-electron chi connectivity index (χ2n) is 5.46. The Balaban J connectivity index is -0.000000272. The normalized spacial score (nSPS) is 14.7. The Bertz CT molecular complexity index is 311. The van der Waals surface area contributed by atoms with E-state index in [1.807, 2.05) is 23.3 Å². The molecule has 0 spiro atoms. The largest absolute Gasteiger partial charge is 0.342 e. The first-order valence-electron chi connectivity index (χ1n) is 8.49. The number of nitrogens with two attached hydrogens (primary N) is 1. The van der Waals surface area contributed by atoms with Crippen LogP contribution in [-0.4, -0.2) is 55.9 Å². The molecule has 1 saturated carbocycles. The van der Waals surface area contributed by atoms with Gasteiger partial charge in [-0.25, -0.2) is 8.59 Å². The number of hydroxylamine groups is 1. The van der Waals surface area contributed by atoms with Crippen LogP contribution >= 0.6 is 25.7 Å². The third-order valence-corrected chi connectivity index (χ3v) is 3.69. The first-order chi connectivity index (χ1) is 11.5. The standard InChI is InChI=1S/C6H12N2O.C5H10.C3H10N2OS.C2H3N.H2S/c7-5-6(9)8-3-1-2-4-8;1-2-4-5-3-1;1-4-6-7-5(2)3;1-2-3;/h1-5,7H2;1-5H2;4H,1-3H3;1H3;1H2. The second-order valence-corrected chi connectivity index (χ2v) is 6.50. The number of amides is 1. The molecule has 0 bridgehead atoms. The zero-order chi connectivity index (χ0) is 18.6. The molecule has 2 rings (SSSR count). The van der Waals surface area contributed by atoms with Crippen molar-refractivity contribution < 1.29 is 9.08 Å². The predicted octanol–water partition coefficient (Wildman–Crippen LogP) is 2.42. The third-order valence-electron chi connectivity index (χ3n) is 3.15. The van der Waals surface area contributed by atoms with E-state index in [0.29, 0.717) is 0 Å². The highest BCUT2D eigenvalue weighted by molar-refractivity contribution is 7.92. The van der Waals surface area contributed by atoms with Crippen LogP contribution in [0.5, 0.6) is 0 Å². The van der Waals surface area contributed by atoms with Crippen molar-refractivity contribution in [3.63, 3.8) is 0 Å². The van der Waals surface area contributed by atoms with Crippen LogP contribution in [0, 0.1) is 11.3 Å². The lowest BCUT2D eigenvalue weighted by Gasteiger charge is -2.12. The van der Waals surface area contributed by atoms with E-state index in [1.165, 1.54) is 51.3 Å². The van der Waals surface area contributed by atoms with Crippen molar-refractivity contribution in [2.24, 2.45) is 5.73 Å². The van der Waals surface area contributed by atoms with Crippen molar-refractivity contribution in [2.45, 2.75) is 51.9 Å². The van der Waals surface area contributed by atoms with Gasteiger partial charge in [0.05, 0.1) is 12.6 Å². The second kappa shape index (κ2) is 23.5. The maximum Gasteiger partial charge on any atom is 0.236 e. The molecule has 1 saturated heterocycles. The van der Waals surface area contributed by atoms with Crippen LogP contribution in [0.2, 0.25) is 0 Å². The fourth-order valence-electron chi connectivity index (χ4n) is 2.09. The Hall–Kier alpha value is -0.500. The summed E-state index contributed by atoms with van der Waals surface area (Å²) in [4.78, 5) is 12.6. The molecule has 7 nitrogen and oxygen atoms in total. The van der Waals surface area contributed by atoms with E-state index < -0.39 is 0 Å². The Morgan fingerprint density at radius 1 is 1.20 bits per heavy atom. The molecule has 1 aliphatic heterocycles. The summed E-state index contributed by atoms with van der Waals surface area (Å²) in [7, 11) is 5.53. The van der Waals surface area contributed by atoms with Gasteiger partial charge in [-0.3, -0.25) is 4.79 Å². The Morgan fingerprint density at radius 3 is 1.84 bits per heavy atom. The first kappa shape index (κ1) is 29.3. The number of rotatable bonds is 4. The van der Waals surface area contributed by atoms with Crippen LogP contribution in [0.1, 0.15) is 51.9 Å². The molecule has 2 fully saturated rings. The molecule has 1 aliphatic carbocycles. The molecule has 0 aromatic rings. The molecule has 0 unspecified atom stereocenters. The topological polar surface area (TPSA) is 94.6 Å². The van der Waals surface area contributed by atoms with Crippen LogP contribution < -0.4 is 11.2 Å². The van der Waals surface area contributed by atoms with Gasteiger partial charge in [0, 0.05) is 27.1 Å². The molecule has 9 heteroatoms. The highest BCUT2D eigenvalue weighted by Crippen LogP contribution is 2.15. The van der Waals surface area contributed by atoms with Crippen LogP contribution in [0.15, 0.2) is 0 Å². The van der Waals surface area contributed by atoms with E-state index >= 15 is 0 Å². The first-order valence-corrected chi connectivity index (χ1v) is 9.19. The van der Waals surface area contributed by atoms with Crippen LogP contribution in [-0.2, 0) is 9.08 Å². The van der Waals surface area contributed by atoms with Gasteiger partial charge in [-0.1, -0.05) is 32.1 Å². The van der Waals surface area contributed by atoms with E-state index in [1.54, 1.807) is 13.1 Å². The van der Waals surface area contributed by atoms with Gasteiger partial charge in [0.2, 0.25) is 5.91 Å². The SMILES string of the molecule is C1CCCC1.CC#N.CNOSN(C)C.NCC(=O)N1CCCC1.S. The van der Waals surface area contributed by atoms with Crippen molar-refractivity contribution in [3.05, 3.63) is 0 Å². The summed E-state index contributed by atoms with van der Waals surface area (Å²) in [6.07, 6.45) is 9.79. The minimum atomic E-state index is 0. The van der Waals surface area contributed by atoms with E-state index in [4.69, 9.17) is 11.0 Å². The number of hydrogen-bond acceptors (Lipinski definition) is 7. The van der Waals surface area contributed by atoms with E-state index in [0.717, 1.165) is 25.9 Å². The summed E-state index contributed by atoms with van der Waals surface area (Å²) >= 11 is 1.25. The van der Waals surface area contributed by atoms with Crippen molar-refractivity contribution in [1.29, 1.82) is 5.26 Å². The number of likely N-dealkylation sites (tertiary alicyclic amines) is 1. The highest BCUT2D eigenvalue weighted by atomic mass is 32.2. The number of nitriles is 1. The van der Waals surface area contributed by atoms with Crippen molar-refractivity contribution in [2.75, 3.05) is 40.8 Å². The Labute approximate surface area is 165 Å². The maximum atomic E-state index is 10.8.